The maximum Gasteiger partial charge on any atom is 0.377 e. The number of aliphatic carboxylic acids is 1. The quantitative estimate of drug-likeness (QED) is 0.474. The molecule has 22 heavy (non-hydrogen) atoms. The van der Waals surface area contributed by atoms with E-state index in [1.54, 1.807) is 44.2 Å². The van der Waals surface area contributed by atoms with E-state index >= 15 is 0 Å². The first-order chi connectivity index (χ1) is 10.2. The smallest absolute Gasteiger partial charge is 0.377 e. The lowest BCUT2D eigenvalue weighted by Gasteiger charge is -2.25. The predicted octanol–water partition coefficient (Wildman–Crippen LogP) is 3.00. The third kappa shape index (κ3) is 5.31. The molecule has 6 heteroatoms. The van der Waals surface area contributed by atoms with E-state index in [0.29, 0.717) is 5.56 Å². The van der Waals surface area contributed by atoms with Crippen LogP contribution in [0.2, 0.25) is 0 Å². The van der Waals surface area contributed by atoms with Crippen molar-refractivity contribution in [3.8, 4) is 0 Å². The highest BCUT2D eigenvalue weighted by molar-refractivity contribution is 6.20. The first-order valence-electron chi connectivity index (χ1n) is 6.80. The molecule has 0 bridgehead atoms. The Kier molecular flexibility index (Phi) is 6.27. The minimum absolute atomic E-state index is 0.120. The minimum atomic E-state index is -1.26. The lowest BCUT2D eigenvalue weighted by atomic mass is 9.95. The summed E-state index contributed by atoms with van der Waals surface area (Å²) >= 11 is 0. The van der Waals surface area contributed by atoms with Gasteiger partial charge in [0.1, 0.15) is 5.60 Å². The third-order valence-electron chi connectivity index (χ3n) is 3.32. The molecule has 0 heterocycles. The van der Waals surface area contributed by atoms with Crippen LogP contribution in [0.3, 0.4) is 0 Å². The zero-order chi connectivity index (χ0) is 16.8. The predicted molar refractivity (Wildman–Crippen MR) is 79.2 cm³/mol. The molecule has 0 radical (unpaired) electrons. The number of carbonyl (C=O) groups excluding carboxylic acids is 1. The second-order valence-electron chi connectivity index (χ2n) is 5.54. The van der Waals surface area contributed by atoms with Gasteiger partial charge < -0.3 is 5.11 Å². The normalized spacial score (nSPS) is 12.3. The Bertz CT molecular complexity index is 545. The topological polar surface area (TPSA) is 82.1 Å². The molecule has 1 N–H and O–H groups in total. The number of rotatable bonds is 7. The van der Waals surface area contributed by atoms with Crippen LogP contribution in [0.5, 0.6) is 0 Å². The molecule has 1 aromatic carbocycles. The van der Waals surface area contributed by atoms with Gasteiger partial charge in [0.2, 0.25) is 0 Å². The molecule has 0 aliphatic carbocycles. The van der Waals surface area contributed by atoms with Crippen LogP contribution in [-0.4, -0.2) is 22.6 Å². The molecule has 0 aromatic heterocycles. The van der Waals surface area contributed by atoms with Crippen molar-refractivity contribution < 1.29 is 29.5 Å². The van der Waals surface area contributed by atoms with Crippen molar-refractivity contribution in [3.63, 3.8) is 0 Å². The fourth-order valence-electron chi connectivity index (χ4n) is 1.28. The van der Waals surface area contributed by atoms with Gasteiger partial charge in [0, 0.05) is 6.08 Å². The van der Waals surface area contributed by atoms with E-state index in [4.69, 9.17) is 9.99 Å². The molecule has 0 aliphatic heterocycles. The number of carbonyl (C=O) groups is 2. The molecule has 0 saturated carbocycles. The Hall–Kier alpha value is -2.18. The summed E-state index contributed by atoms with van der Waals surface area (Å²) in [5, 5.41) is 13.4. The van der Waals surface area contributed by atoms with Crippen LogP contribution in [0, 0.1) is 5.92 Å². The van der Waals surface area contributed by atoms with Gasteiger partial charge in [-0.3, -0.25) is 4.89 Å². The van der Waals surface area contributed by atoms with Crippen LogP contribution < -0.4 is 0 Å². The number of hydrogen-bond donors (Lipinski definition) is 1. The Labute approximate surface area is 129 Å². The van der Waals surface area contributed by atoms with Crippen LogP contribution in [0.1, 0.15) is 33.3 Å². The molecule has 0 atom stereocenters. The summed E-state index contributed by atoms with van der Waals surface area (Å²) in [7, 11) is 0. The molecule has 120 valence electrons. The highest BCUT2D eigenvalue weighted by Crippen LogP contribution is 2.21. The Morgan fingerprint density at radius 3 is 2.27 bits per heavy atom. The lowest BCUT2D eigenvalue weighted by Crippen LogP contribution is -2.31. The fraction of sp³-hybridized carbons (Fsp3) is 0.375. The minimum Gasteiger partial charge on any atom is -0.478 e. The molecular weight excluding hydrogens is 288 g/mol. The van der Waals surface area contributed by atoms with E-state index in [1.807, 2.05) is 13.8 Å². The summed E-state index contributed by atoms with van der Waals surface area (Å²) in [5.41, 5.74) is -0.398. The first kappa shape index (κ1) is 17.9. The summed E-state index contributed by atoms with van der Waals surface area (Å²) in [4.78, 5) is 32.4. The zero-order valence-corrected chi connectivity index (χ0v) is 13.0. The average molecular weight is 308 g/mol. The van der Waals surface area contributed by atoms with Crippen molar-refractivity contribution in [2.45, 2.75) is 33.3 Å². The van der Waals surface area contributed by atoms with E-state index < -0.39 is 17.5 Å². The van der Waals surface area contributed by atoms with Gasteiger partial charge in [0.05, 0.1) is 5.57 Å². The summed E-state index contributed by atoms with van der Waals surface area (Å²) < 4.78 is 0. The summed E-state index contributed by atoms with van der Waals surface area (Å²) in [5.74, 6) is -2.10. The average Bonchev–Trinajstić information content (AvgIpc) is 2.45. The van der Waals surface area contributed by atoms with Crippen molar-refractivity contribution >= 4 is 17.5 Å². The SMILES string of the molecule is CC(C)C(C)(C)OOOC(=O)C(=CC(=O)O)c1ccccc1. The molecule has 1 rings (SSSR count). The summed E-state index contributed by atoms with van der Waals surface area (Å²) in [6.45, 7) is 7.39. The van der Waals surface area contributed by atoms with Crippen LogP contribution >= 0.6 is 0 Å². The molecule has 1 aromatic rings. The number of carboxylic acid groups (broad SMARTS) is 1. The largest absolute Gasteiger partial charge is 0.478 e. The van der Waals surface area contributed by atoms with E-state index in [9.17, 15) is 9.59 Å². The van der Waals surface area contributed by atoms with Crippen molar-refractivity contribution in [1.82, 2.24) is 0 Å². The molecular formula is C16H20O6. The van der Waals surface area contributed by atoms with E-state index in [0.717, 1.165) is 6.08 Å². The van der Waals surface area contributed by atoms with Gasteiger partial charge >= 0.3 is 11.9 Å². The van der Waals surface area contributed by atoms with Crippen molar-refractivity contribution in [1.29, 1.82) is 0 Å². The van der Waals surface area contributed by atoms with Gasteiger partial charge in [-0.15, -0.1) is 0 Å². The fourth-order valence-corrected chi connectivity index (χ4v) is 1.28. The maximum atomic E-state index is 12.0. The molecule has 0 amide bonds. The van der Waals surface area contributed by atoms with Crippen LogP contribution in [0.25, 0.3) is 5.57 Å². The molecule has 0 saturated heterocycles. The highest BCUT2D eigenvalue weighted by Gasteiger charge is 2.26. The monoisotopic (exact) mass is 308 g/mol. The van der Waals surface area contributed by atoms with Gasteiger partial charge in [0.25, 0.3) is 0 Å². The Morgan fingerprint density at radius 1 is 1.18 bits per heavy atom. The van der Waals surface area contributed by atoms with Crippen LogP contribution in [-0.2, 0) is 24.4 Å². The van der Waals surface area contributed by atoms with Crippen molar-refractivity contribution in [2.75, 3.05) is 0 Å². The van der Waals surface area contributed by atoms with Gasteiger partial charge in [0.15, 0.2) is 0 Å². The Morgan fingerprint density at radius 2 is 1.77 bits per heavy atom. The van der Waals surface area contributed by atoms with Crippen molar-refractivity contribution in [2.24, 2.45) is 5.92 Å². The number of benzene rings is 1. The summed E-state index contributed by atoms with van der Waals surface area (Å²) in [6.07, 6.45) is 0.759. The van der Waals surface area contributed by atoms with Gasteiger partial charge in [-0.05, 0) is 30.4 Å². The number of carboxylic acids is 1. The molecule has 0 unspecified atom stereocenters. The first-order valence-corrected chi connectivity index (χ1v) is 6.80. The molecule has 0 fully saturated rings. The third-order valence-corrected chi connectivity index (χ3v) is 3.32. The van der Waals surface area contributed by atoms with E-state index in [1.165, 1.54) is 0 Å². The molecule has 6 nitrogen and oxygen atoms in total. The van der Waals surface area contributed by atoms with Gasteiger partial charge in [-0.25, -0.2) is 9.59 Å². The molecule has 0 aliphatic rings. The standard InChI is InChI=1S/C16H20O6/c1-11(2)16(3,4)21-22-20-15(19)13(10-14(17)18)12-8-6-5-7-9-12/h5-11H,1-4H3,(H,17,18). The Balaban J connectivity index is 2.77. The van der Waals surface area contributed by atoms with Gasteiger partial charge in [-0.2, -0.15) is 4.89 Å². The van der Waals surface area contributed by atoms with E-state index in [2.05, 4.69) is 9.93 Å². The van der Waals surface area contributed by atoms with Gasteiger partial charge in [-0.1, -0.05) is 44.2 Å². The second kappa shape index (κ2) is 7.72. The van der Waals surface area contributed by atoms with E-state index in [-0.39, 0.29) is 11.5 Å². The van der Waals surface area contributed by atoms with Crippen molar-refractivity contribution in [3.05, 3.63) is 42.0 Å². The zero-order valence-electron chi connectivity index (χ0n) is 13.0. The second-order valence-corrected chi connectivity index (χ2v) is 5.54. The number of hydrogen-bond acceptors (Lipinski definition) is 5. The molecule has 0 spiro atoms. The summed E-state index contributed by atoms with van der Waals surface area (Å²) in [6, 6.07) is 8.29. The lowest BCUT2D eigenvalue weighted by molar-refractivity contribution is -0.519. The van der Waals surface area contributed by atoms with Crippen LogP contribution in [0.15, 0.2) is 36.4 Å². The highest BCUT2D eigenvalue weighted by atomic mass is 17.5. The van der Waals surface area contributed by atoms with Crippen LogP contribution in [0.4, 0.5) is 0 Å². The maximum absolute atomic E-state index is 12.0.